The normalized spacial score (nSPS) is 11.9. The number of nitrogens with zero attached hydrogens (tertiary/aromatic N) is 2. The molecule has 0 atom stereocenters. The van der Waals surface area contributed by atoms with E-state index in [1.54, 1.807) is 6.92 Å². The molecule has 5 rings (SSSR count). The van der Waals surface area contributed by atoms with Gasteiger partial charge in [0.25, 0.3) is 5.91 Å². The fraction of sp³-hybridized carbons (Fsp3) is 0.226. The van der Waals surface area contributed by atoms with Gasteiger partial charge in [0.1, 0.15) is 16.5 Å². The zero-order valence-corrected chi connectivity index (χ0v) is 22.8. The van der Waals surface area contributed by atoms with Gasteiger partial charge in [-0.2, -0.15) is 0 Å². The minimum atomic E-state index is -0.972. The number of amides is 2. The first-order valence-corrected chi connectivity index (χ1v) is 13.8. The van der Waals surface area contributed by atoms with Crippen LogP contribution in [0, 0.1) is 6.92 Å². The summed E-state index contributed by atoms with van der Waals surface area (Å²) in [6, 6.07) is 25.7. The number of aliphatic carboxylic acids is 1. The van der Waals surface area contributed by atoms with E-state index >= 15 is 0 Å². The molecule has 8 nitrogen and oxygen atoms in total. The van der Waals surface area contributed by atoms with Crippen LogP contribution in [-0.4, -0.2) is 46.1 Å². The highest BCUT2D eigenvalue weighted by atomic mass is 32.1. The number of carbonyl (C=O) groups excluding carboxylic acids is 2. The highest BCUT2D eigenvalue weighted by Crippen LogP contribution is 2.44. The lowest BCUT2D eigenvalue weighted by Gasteiger charge is -2.21. The molecule has 0 spiro atoms. The lowest BCUT2D eigenvalue weighted by Crippen LogP contribution is -2.32. The molecule has 1 aliphatic rings. The number of carboxylic acid groups (broad SMARTS) is 1. The number of nitrogens with one attached hydrogen (secondary N) is 1. The molecule has 0 saturated heterocycles. The molecule has 9 heteroatoms. The van der Waals surface area contributed by atoms with Crippen molar-refractivity contribution in [3.8, 4) is 11.1 Å². The van der Waals surface area contributed by atoms with Gasteiger partial charge in [0.15, 0.2) is 0 Å². The largest absolute Gasteiger partial charge is 0.481 e. The molecule has 0 aliphatic heterocycles. The van der Waals surface area contributed by atoms with E-state index in [-0.39, 0.29) is 44.5 Å². The van der Waals surface area contributed by atoms with Gasteiger partial charge in [-0.3, -0.25) is 9.59 Å². The van der Waals surface area contributed by atoms with Gasteiger partial charge in [0.05, 0.1) is 18.7 Å². The second-order valence-corrected chi connectivity index (χ2v) is 10.6. The molecule has 0 saturated carbocycles. The quantitative estimate of drug-likeness (QED) is 0.263. The summed E-state index contributed by atoms with van der Waals surface area (Å²) >= 11 is 1.19. The SMILES string of the molecule is Cc1nc(CNC(=O)OCC2c3ccccc3-c3ccccc32)sc1C(=O)N(CCC(=O)O)Cc1ccccc1. The van der Waals surface area contributed by atoms with Crippen LogP contribution in [0.5, 0.6) is 0 Å². The molecule has 3 aromatic carbocycles. The summed E-state index contributed by atoms with van der Waals surface area (Å²) in [4.78, 5) is 43.6. The summed E-state index contributed by atoms with van der Waals surface area (Å²) in [6.07, 6.45) is -0.721. The third-order valence-electron chi connectivity index (χ3n) is 6.86. The number of aryl methyl sites for hydroxylation is 1. The lowest BCUT2D eigenvalue weighted by molar-refractivity contribution is -0.137. The molecule has 1 heterocycles. The number of benzene rings is 3. The highest BCUT2D eigenvalue weighted by molar-refractivity contribution is 7.13. The monoisotopic (exact) mass is 555 g/mol. The van der Waals surface area contributed by atoms with E-state index in [4.69, 9.17) is 4.74 Å². The van der Waals surface area contributed by atoms with Crippen molar-refractivity contribution in [1.82, 2.24) is 15.2 Å². The van der Waals surface area contributed by atoms with Crippen molar-refractivity contribution in [3.05, 3.63) is 111 Å². The smallest absolute Gasteiger partial charge is 0.407 e. The number of aromatic nitrogens is 1. The van der Waals surface area contributed by atoms with E-state index in [0.717, 1.165) is 27.8 Å². The molecular weight excluding hydrogens is 526 g/mol. The molecule has 0 fully saturated rings. The number of ether oxygens (including phenoxy) is 1. The van der Waals surface area contributed by atoms with E-state index in [9.17, 15) is 19.5 Å². The van der Waals surface area contributed by atoms with Gasteiger partial charge in [-0.15, -0.1) is 11.3 Å². The van der Waals surface area contributed by atoms with Crippen molar-refractivity contribution in [3.63, 3.8) is 0 Å². The van der Waals surface area contributed by atoms with Crippen LogP contribution < -0.4 is 5.32 Å². The van der Waals surface area contributed by atoms with Crippen molar-refractivity contribution in [1.29, 1.82) is 0 Å². The van der Waals surface area contributed by atoms with E-state index in [0.29, 0.717) is 15.6 Å². The Morgan fingerprint density at radius 3 is 2.23 bits per heavy atom. The van der Waals surface area contributed by atoms with Crippen LogP contribution >= 0.6 is 11.3 Å². The van der Waals surface area contributed by atoms with Crippen LogP contribution in [0.1, 0.15) is 49.4 Å². The maximum atomic E-state index is 13.4. The van der Waals surface area contributed by atoms with Crippen molar-refractivity contribution in [2.45, 2.75) is 32.4 Å². The van der Waals surface area contributed by atoms with Gasteiger partial charge < -0.3 is 20.1 Å². The van der Waals surface area contributed by atoms with Gasteiger partial charge in [-0.05, 0) is 34.7 Å². The van der Waals surface area contributed by atoms with E-state index < -0.39 is 12.1 Å². The lowest BCUT2D eigenvalue weighted by atomic mass is 9.98. The maximum Gasteiger partial charge on any atom is 0.407 e. The zero-order chi connectivity index (χ0) is 28.1. The van der Waals surface area contributed by atoms with Crippen molar-refractivity contribution in [2.24, 2.45) is 0 Å². The molecular formula is C31H29N3O5S. The Morgan fingerprint density at radius 2 is 1.57 bits per heavy atom. The molecule has 4 aromatic rings. The molecule has 1 aliphatic carbocycles. The van der Waals surface area contributed by atoms with Gasteiger partial charge >= 0.3 is 12.1 Å². The van der Waals surface area contributed by atoms with Crippen LogP contribution in [0.2, 0.25) is 0 Å². The molecule has 0 radical (unpaired) electrons. The average Bonchev–Trinajstić information content (AvgIpc) is 3.50. The summed E-state index contributed by atoms with van der Waals surface area (Å²) in [5.41, 5.74) is 6.03. The number of carbonyl (C=O) groups is 3. The number of carboxylic acids is 1. The fourth-order valence-corrected chi connectivity index (χ4v) is 5.93. The third kappa shape index (κ3) is 6.05. The first-order chi connectivity index (χ1) is 19.4. The van der Waals surface area contributed by atoms with Crippen LogP contribution in [-0.2, 0) is 22.6 Å². The van der Waals surface area contributed by atoms with Crippen molar-refractivity contribution >= 4 is 29.3 Å². The van der Waals surface area contributed by atoms with Crippen LogP contribution in [0.4, 0.5) is 4.79 Å². The molecule has 0 bridgehead atoms. The summed E-state index contributed by atoms with van der Waals surface area (Å²) < 4.78 is 5.60. The summed E-state index contributed by atoms with van der Waals surface area (Å²) in [7, 11) is 0. The van der Waals surface area contributed by atoms with E-state index in [1.807, 2.05) is 54.6 Å². The second-order valence-electron chi connectivity index (χ2n) is 9.56. The Balaban J connectivity index is 1.20. The summed E-state index contributed by atoms with van der Waals surface area (Å²) in [6.45, 7) is 2.42. The molecule has 2 amide bonds. The zero-order valence-electron chi connectivity index (χ0n) is 22.0. The Bertz CT molecular complexity index is 1490. The third-order valence-corrected chi connectivity index (χ3v) is 8.01. The highest BCUT2D eigenvalue weighted by Gasteiger charge is 2.29. The number of rotatable bonds is 10. The number of hydrogen-bond acceptors (Lipinski definition) is 6. The predicted molar refractivity (Wildman–Crippen MR) is 152 cm³/mol. The molecule has 2 N–H and O–H groups in total. The van der Waals surface area contributed by atoms with Gasteiger partial charge in [0.2, 0.25) is 0 Å². The van der Waals surface area contributed by atoms with Gasteiger partial charge in [0, 0.05) is 19.0 Å². The molecule has 204 valence electrons. The number of alkyl carbamates (subject to hydrolysis) is 1. The Labute approximate surface area is 236 Å². The number of hydrogen-bond donors (Lipinski definition) is 2. The standard InChI is InChI=1S/C31H29N3O5S/c1-20-29(30(37)34(16-15-28(35)36)18-21-9-3-2-4-10-21)40-27(33-20)17-32-31(38)39-19-26-24-13-7-5-11-22(24)23-12-6-8-14-25(23)26/h2-14,26H,15-19H2,1H3,(H,32,38)(H,35,36). The summed E-state index contributed by atoms with van der Waals surface area (Å²) in [5, 5.41) is 12.5. The van der Waals surface area contributed by atoms with Crippen LogP contribution in [0.15, 0.2) is 78.9 Å². The maximum absolute atomic E-state index is 13.4. The Morgan fingerprint density at radius 1 is 0.950 bits per heavy atom. The van der Waals surface area contributed by atoms with Crippen molar-refractivity contribution < 1.29 is 24.2 Å². The van der Waals surface area contributed by atoms with Crippen LogP contribution in [0.3, 0.4) is 0 Å². The Hall–Kier alpha value is -4.50. The molecule has 1 aromatic heterocycles. The number of fused-ring (bicyclic) bond motifs is 3. The first kappa shape index (κ1) is 27.1. The first-order valence-electron chi connectivity index (χ1n) is 13.0. The van der Waals surface area contributed by atoms with E-state index in [2.05, 4.69) is 34.6 Å². The minimum absolute atomic E-state index is 0.0362. The topological polar surface area (TPSA) is 109 Å². The molecule has 0 unspecified atom stereocenters. The number of thiazole rings is 1. The Kier molecular flexibility index (Phi) is 8.21. The summed E-state index contributed by atoms with van der Waals surface area (Å²) in [5.74, 6) is -1.29. The van der Waals surface area contributed by atoms with Gasteiger partial charge in [-0.25, -0.2) is 9.78 Å². The predicted octanol–water partition coefficient (Wildman–Crippen LogP) is 5.61. The van der Waals surface area contributed by atoms with Crippen molar-refractivity contribution in [2.75, 3.05) is 13.2 Å². The minimum Gasteiger partial charge on any atom is -0.481 e. The van der Waals surface area contributed by atoms with Crippen LogP contribution in [0.25, 0.3) is 11.1 Å². The second kappa shape index (κ2) is 12.1. The van der Waals surface area contributed by atoms with Gasteiger partial charge in [-0.1, -0.05) is 78.9 Å². The molecule has 40 heavy (non-hydrogen) atoms. The fourth-order valence-electron chi connectivity index (χ4n) is 4.95. The van der Waals surface area contributed by atoms with E-state index in [1.165, 1.54) is 16.2 Å². The average molecular weight is 556 g/mol.